The summed E-state index contributed by atoms with van der Waals surface area (Å²) in [7, 11) is -3.34. The Kier molecular flexibility index (Phi) is 4.71. The summed E-state index contributed by atoms with van der Waals surface area (Å²) in [5.74, 6) is -0.807. The molecule has 3 nitrogen and oxygen atoms in total. The van der Waals surface area contributed by atoms with E-state index < -0.39 is 20.5 Å². The van der Waals surface area contributed by atoms with Gasteiger partial charge in [-0.15, -0.1) is 0 Å². The highest BCUT2D eigenvalue weighted by atomic mass is 32.2. The lowest BCUT2D eigenvalue weighted by atomic mass is 9.97. The molecular formula is C18H21O3S. The molecule has 1 atom stereocenters. The Morgan fingerprint density at radius 3 is 2.32 bits per heavy atom. The average molecular weight is 317 g/mol. The molecule has 0 aliphatic rings. The topological polar surface area (TPSA) is 51.2 Å². The summed E-state index contributed by atoms with van der Waals surface area (Å²) in [6.45, 7) is 4.96. The lowest BCUT2D eigenvalue weighted by molar-refractivity contribution is 0.518. The third-order valence-electron chi connectivity index (χ3n) is 3.87. The molecule has 0 bridgehead atoms. The minimum Gasteiger partial charge on any atom is -0.291 e. The van der Waals surface area contributed by atoms with Gasteiger partial charge in [-0.05, 0) is 43.5 Å². The van der Waals surface area contributed by atoms with Crippen molar-refractivity contribution < 1.29 is 13.2 Å². The zero-order chi connectivity index (χ0) is 16.4. The Morgan fingerprint density at radius 2 is 1.68 bits per heavy atom. The minimum absolute atomic E-state index is 0.163. The van der Waals surface area contributed by atoms with Crippen molar-refractivity contribution >= 4 is 26.9 Å². The third-order valence-corrected chi connectivity index (χ3v) is 6.57. The van der Waals surface area contributed by atoms with Crippen LogP contribution in [0.5, 0.6) is 0 Å². The van der Waals surface area contributed by atoms with E-state index in [1.807, 2.05) is 48.8 Å². The molecule has 0 heterocycles. The van der Waals surface area contributed by atoms with Crippen LogP contribution in [0.4, 0.5) is 0 Å². The summed E-state index contributed by atoms with van der Waals surface area (Å²) in [6, 6.07) is 13.8. The second-order valence-corrected chi connectivity index (χ2v) is 9.34. The van der Waals surface area contributed by atoms with Crippen LogP contribution < -0.4 is 0 Å². The summed E-state index contributed by atoms with van der Waals surface area (Å²) < 4.78 is 23.7. The van der Waals surface area contributed by atoms with Gasteiger partial charge in [0.05, 0.1) is 10.5 Å². The minimum atomic E-state index is -3.34. The molecule has 2 aromatic carbocycles. The Bertz CT molecular complexity index is 765. The highest BCUT2D eigenvalue weighted by Crippen LogP contribution is 2.24. The van der Waals surface area contributed by atoms with Crippen molar-refractivity contribution in [2.24, 2.45) is 5.92 Å². The first-order valence-electron chi connectivity index (χ1n) is 7.31. The van der Waals surface area contributed by atoms with E-state index in [1.54, 1.807) is 20.8 Å². The molecule has 0 saturated heterocycles. The van der Waals surface area contributed by atoms with E-state index in [0.29, 0.717) is 6.42 Å². The van der Waals surface area contributed by atoms with Gasteiger partial charge < -0.3 is 0 Å². The molecule has 2 aromatic rings. The van der Waals surface area contributed by atoms with Crippen LogP contribution in [0, 0.1) is 5.92 Å². The van der Waals surface area contributed by atoms with Gasteiger partial charge in [0.25, 0.3) is 0 Å². The van der Waals surface area contributed by atoms with E-state index in [4.69, 9.17) is 0 Å². The van der Waals surface area contributed by atoms with Gasteiger partial charge >= 0.3 is 0 Å². The number of hydrogen-bond acceptors (Lipinski definition) is 3. The van der Waals surface area contributed by atoms with Crippen molar-refractivity contribution in [3.05, 3.63) is 48.0 Å². The molecule has 0 saturated carbocycles. The molecule has 0 fully saturated rings. The monoisotopic (exact) mass is 317 g/mol. The molecule has 0 N–H and O–H groups in total. The summed E-state index contributed by atoms with van der Waals surface area (Å²) in [5, 5.41) is 2.14. The maximum absolute atomic E-state index is 12.3. The third kappa shape index (κ3) is 3.55. The van der Waals surface area contributed by atoms with Crippen LogP contribution in [0.25, 0.3) is 10.8 Å². The highest BCUT2D eigenvalue weighted by Gasteiger charge is 2.32. The van der Waals surface area contributed by atoms with Crippen LogP contribution in [0.2, 0.25) is 0 Å². The number of sulfone groups is 1. The van der Waals surface area contributed by atoms with Crippen molar-refractivity contribution in [1.29, 1.82) is 0 Å². The van der Waals surface area contributed by atoms with E-state index in [0.717, 1.165) is 16.3 Å². The first kappa shape index (κ1) is 16.7. The Morgan fingerprint density at radius 1 is 1.05 bits per heavy atom. The smallest absolute Gasteiger partial charge is 0.203 e. The van der Waals surface area contributed by atoms with Crippen LogP contribution in [0.3, 0.4) is 0 Å². The molecule has 2 rings (SSSR count). The van der Waals surface area contributed by atoms with Crippen LogP contribution in [-0.2, 0) is 21.1 Å². The van der Waals surface area contributed by atoms with Gasteiger partial charge in [0.2, 0.25) is 6.29 Å². The predicted molar refractivity (Wildman–Crippen MR) is 90.4 cm³/mol. The molecule has 117 valence electrons. The number of hydrogen-bond donors (Lipinski definition) is 0. The molecular weight excluding hydrogens is 296 g/mol. The predicted octanol–water partition coefficient (Wildman–Crippen LogP) is 3.32. The van der Waals surface area contributed by atoms with Crippen molar-refractivity contribution in [1.82, 2.24) is 0 Å². The molecule has 0 amide bonds. The van der Waals surface area contributed by atoms with Crippen LogP contribution in [0.15, 0.2) is 42.5 Å². The van der Waals surface area contributed by atoms with Gasteiger partial charge in [0.15, 0.2) is 9.84 Å². The van der Waals surface area contributed by atoms with Crippen molar-refractivity contribution in [2.75, 3.05) is 5.75 Å². The molecule has 0 aliphatic carbocycles. The Labute approximate surface area is 132 Å². The van der Waals surface area contributed by atoms with Gasteiger partial charge in [0.1, 0.15) is 0 Å². The quantitative estimate of drug-likeness (QED) is 0.850. The van der Waals surface area contributed by atoms with Crippen LogP contribution >= 0.6 is 0 Å². The summed E-state index contributed by atoms with van der Waals surface area (Å²) in [6.07, 6.45) is 2.30. The molecule has 0 spiro atoms. The largest absolute Gasteiger partial charge is 0.291 e. The number of carbonyl (C=O) groups excluding carboxylic acids is 1. The SMILES string of the molecule is CC(C)(C)S(=O)(=O)CC([C]=O)Cc1cccc2ccccc12. The van der Waals surface area contributed by atoms with E-state index >= 15 is 0 Å². The van der Waals surface area contributed by atoms with Crippen molar-refractivity contribution in [3.63, 3.8) is 0 Å². The molecule has 0 aliphatic heterocycles. The van der Waals surface area contributed by atoms with E-state index in [9.17, 15) is 13.2 Å². The van der Waals surface area contributed by atoms with Gasteiger partial charge in [-0.25, -0.2) is 8.42 Å². The van der Waals surface area contributed by atoms with Gasteiger partial charge in [0, 0.05) is 5.92 Å². The first-order valence-corrected chi connectivity index (χ1v) is 8.96. The standard InChI is InChI=1S/C18H21O3S/c1-18(2,3)22(20,21)13-14(12-19)11-16-9-6-8-15-7-4-5-10-17(15)16/h4-10,14H,11,13H2,1-3H3. The van der Waals surface area contributed by atoms with E-state index in [-0.39, 0.29) is 5.75 Å². The maximum Gasteiger partial charge on any atom is 0.203 e. The summed E-state index contributed by atoms with van der Waals surface area (Å²) in [5.41, 5.74) is 0.982. The molecule has 4 heteroatoms. The molecule has 1 radical (unpaired) electrons. The van der Waals surface area contributed by atoms with Crippen LogP contribution in [-0.4, -0.2) is 25.2 Å². The highest BCUT2D eigenvalue weighted by molar-refractivity contribution is 7.92. The number of fused-ring (bicyclic) bond motifs is 1. The first-order chi connectivity index (χ1) is 10.2. The zero-order valence-electron chi connectivity index (χ0n) is 13.2. The Balaban J connectivity index is 2.29. The Hall–Kier alpha value is -1.68. The lowest BCUT2D eigenvalue weighted by Gasteiger charge is -2.21. The zero-order valence-corrected chi connectivity index (χ0v) is 14.0. The van der Waals surface area contributed by atoms with Gasteiger partial charge in [-0.1, -0.05) is 42.5 Å². The maximum atomic E-state index is 12.3. The van der Waals surface area contributed by atoms with Gasteiger partial charge in [-0.2, -0.15) is 0 Å². The molecule has 22 heavy (non-hydrogen) atoms. The summed E-state index contributed by atoms with van der Waals surface area (Å²) in [4.78, 5) is 11.3. The van der Waals surface area contributed by atoms with Crippen molar-refractivity contribution in [2.45, 2.75) is 31.9 Å². The second-order valence-electron chi connectivity index (χ2n) is 6.55. The molecule has 1 unspecified atom stereocenters. The number of benzene rings is 2. The second kappa shape index (κ2) is 6.21. The van der Waals surface area contributed by atoms with E-state index in [1.165, 1.54) is 0 Å². The normalized spacial score (nSPS) is 14.0. The fourth-order valence-corrected chi connectivity index (χ4v) is 3.60. The van der Waals surface area contributed by atoms with Gasteiger partial charge in [-0.3, -0.25) is 4.79 Å². The summed E-state index contributed by atoms with van der Waals surface area (Å²) >= 11 is 0. The fraction of sp³-hybridized carbons (Fsp3) is 0.389. The van der Waals surface area contributed by atoms with Crippen molar-refractivity contribution in [3.8, 4) is 0 Å². The molecule has 0 aromatic heterocycles. The fourth-order valence-electron chi connectivity index (χ4n) is 2.39. The van der Waals surface area contributed by atoms with Crippen LogP contribution in [0.1, 0.15) is 26.3 Å². The average Bonchev–Trinajstić information content (AvgIpc) is 2.45. The van der Waals surface area contributed by atoms with E-state index in [2.05, 4.69) is 0 Å². The number of rotatable bonds is 5. The lowest BCUT2D eigenvalue weighted by Crippen LogP contribution is -2.34.